The standard InChI is InChI=1S/C16H13FN2O/c17-14-5-7-15(8-6-14)19-16(9-10-18-19)13-3-1-12(11-20)2-4-13/h1-10,20H,11H2. The van der Waals surface area contributed by atoms with E-state index in [0.29, 0.717) is 0 Å². The van der Waals surface area contributed by atoms with Crippen LogP contribution >= 0.6 is 0 Å². The van der Waals surface area contributed by atoms with Gasteiger partial charge in [0, 0.05) is 5.56 Å². The molecule has 1 aromatic heterocycles. The van der Waals surface area contributed by atoms with Crippen molar-refractivity contribution in [3.63, 3.8) is 0 Å². The van der Waals surface area contributed by atoms with Crippen LogP contribution in [0.15, 0.2) is 60.8 Å². The van der Waals surface area contributed by atoms with Gasteiger partial charge >= 0.3 is 0 Å². The van der Waals surface area contributed by atoms with Crippen molar-refractivity contribution in [2.24, 2.45) is 0 Å². The van der Waals surface area contributed by atoms with Gasteiger partial charge < -0.3 is 5.11 Å². The number of hydrogen-bond donors (Lipinski definition) is 1. The number of benzene rings is 2. The van der Waals surface area contributed by atoms with Gasteiger partial charge in [-0.25, -0.2) is 9.07 Å². The van der Waals surface area contributed by atoms with E-state index in [1.807, 2.05) is 30.3 Å². The first-order chi connectivity index (χ1) is 9.78. The van der Waals surface area contributed by atoms with Crippen LogP contribution in [0.3, 0.4) is 0 Å². The first kappa shape index (κ1) is 12.6. The fraction of sp³-hybridized carbons (Fsp3) is 0.0625. The van der Waals surface area contributed by atoms with Crippen molar-refractivity contribution >= 4 is 0 Å². The quantitative estimate of drug-likeness (QED) is 0.792. The molecule has 0 aliphatic carbocycles. The van der Waals surface area contributed by atoms with Gasteiger partial charge in [0.25, 0.3) is 0 Å². The lowest BCUT2D eigenvalue weighted by molar-refractivity contribution is 0.282. The number of nitrogens with zero attached hydrogens (tertiary/aromatic N) is 2. The third-order valence-electron chi connectivity index (χ3n) is 3.15. The molecule has 0 saturated heterocycles. The highest BCUT2D eigenvalue weighted by Gasteiger charge is 2.07. The van der Waals surface area contributed by atoms with E-state index in [9.17, 15) is 4.39 Å². The summed E-state index contributed by atoms with van der Waals surface area (Å²) in [6, 6.07) is 15.7. The van der Waals surface area contributed by atoms with Crippen molar-refractivity contribution in [1.82, 2.24) is 9.78 Å². The van der Waals surface area contributed by atoms with Crippen LogP contribution in [0.4, 0.5) is 4.39 Å². The van der Waals surface area contributed by atoms with Gasteiger partial charge in [-0.05, 0) is 35.9 Å². The molecule has 1 N–H and O–H groups in total. The van der Waals surface area contributed by atoms with Crippen LogP contribution in [0.25, 0.3) is 16.9 Å². The van der Waals surface area contributed by atoms with Crippen LogP contribution in [0.5, 0.6) is 0 Å². The van der Waals surface area contributed by atoms with Gasteiger partial charge in [0.05, 0.1) is 24.2 Å². The normalized spacial score (nSPS) is 10.7. The topological polar surface area (TPSA) is 38.1 Å². The summed E-state index contributed by atoms with van der Waals surface area (Å²) in [5, 5.41) is 13.3. The Labute approximate surface area is 115 Å². The van der Waals surface area contributed by atoms with Crippen molar-refractivity contribution in [3.8, 4) is 16.9 Å². The second kappa shape index (κ2) is 5.27. The highest BCUT2D eigenvalue weighted by Crippen LogP contribution is 2.22. The summed E-state index contributed by atoms with van der Waals surface area (Å²) in [5.41, 5.74) is 3.57. The van der Waals surface area contributed by atoms with Crippen LogP contribution in [-0.2, 0) is 6.61 Å². The van der Waals surface area contributed by atoms with Crippen LogP contribution in [0, 0.1) is 5.82 Å². The molecule has 0 amide bonds. The molecule has 0 atom stereocenters. The fourth-order valence-electron chi connectivity index (χ4n) is 2.09. The zero-order valence-electron chi connectivity index (χ0n) is 10.7. The van der Waals surface area contributed by atoms with Gasteiger partial charge in [0.2, 0.25) is 0 Å². The van der Waals surface area contributed by atoms with Gasteiger partial charge in [0.1, 0.15) is 5.82 Å². The molecular weight excluding hydrogens is 255 g/mol. The van der Waals surface area contributed by atoms with Crippen molar-refractivity contribution in [1.29, 1.82) is 0 Å². The van der Waals surface area contributed by atoms with Gasteiger partial charge in [0.15, 0.2) is 0 Å². The molecule has 100 valence electrons. The lowest BCUT2D eigenvalue weighted by Gasteiger charge is -2.08. The first-order valence-electron chi connectivity index (χ1n) is 6.28. The van der Waals surface area contributed by atoms with E-state index in [-0.39, 0.29) is 12.4 Å². The van der Waals surface area contributed by atoms with E-state index in [0.717, 1.165) is 22.5 Å². The lowest BCUT2D eigenvalue weighted by atomic mass is 10.1. The van der Waals surface area contributed by atoms with Crippen molar-refractivity contribution < 1.29 is 9.50 Å². The zero-order valence-corrected chi connectivity index (χ0v) is 10.7. The molecule has 3 nitrogen and oxygen atoms in total. The Morgan fingerprint density at radius 1 is 0.950 bits per heavy atom. The first-order valence-corrected chi connectivity index (χ1v) is 6.28. The summed E-state index contributed by atoms with van der Waals surface area (Å²) in [6.45, 7) is 0.0253. The van der Waals surface area contributed by atoms with E-state index >= 15 is 0 Å². The maximum Gasteiger partial charge on any atom is 0.123 e. The minimum atomic E-state index is -0.269. The largest absolute Gasteiger partial charge is 0.392 e. The Bertz CT molecular complexity index is 702. The Kier molecular flexibility index (Phi) is 3.31. The smallest absolute Gasteiger partial charge is 0.123 e. The summed E-state index contributed by atoms with van der Waals surface area (Å²) < 4.78 is 14.7. The Morgan fingerprint density at radius 3 is 2.30 bits per heavy atom. The molecule has 3 aromatic rings. The fourth-order valence-corrected chi connectivity index (χ4v) is 2.09. The zero-order chi connectivity index (χ0) is 13.9. The number of aliphatic hydroxyl groups is 1. The molecule has 20 heavy (non-hydrogen) atoms. The summed E-state index contributed by atoms with van der Waals surface area (Å²) in [6.07, 6.45) is 1.71. The highest BCUT2D eigenvalue weighted by atomic mass is 19.1. The maximum atomic E-state index is 13.0. The van der Waals surface area contributed by atoms with Gasteiger partial charge in [-0.15, -0.1) is 0 Å². The van der Waals surface area contributed by atoms with Gasteiger partial charge in [-0.1, -0.05) is 24.3 Å². The molecule has 0 aliphatic rings. The number of aliphatic hydroxyl groups excluding tert-OH is 1. The van der Waals surface area contributed by atoms with Crippen LogP contribution in [-0.4, -0.2) is 14.9 Å². The molecule has 1 heterocycles. The summed E-state index contributed by atoms with van der Waals surface area (Å²) in [5.74, 6) is -0.269. The van der Waals surface area contributed by atoms with Crippen LogP contribution in [0.1, 0.15) is 5.56 Å². The van der Waals surface area contributed by atoms with E-state index in [1.165, 1.54) is 12.1 Å². The number of rotatable bonds is 3. The van der Waals surface area contributed by atoms with Gasteiger partial charge in [-0.3, -0.25) is 0 Å². The summed E-state index contributed by atoms with van der Waals surface area (Å²) in [7, 11) is 0. The van der Waals surface area contributed by atoms with Crippen LogP contribution < -0.4 is 0 Å². The Morgan fingerprint density at radius 2 is 1.65 bits per heavy atom. The SMILES string of the molecule is OCc1ccc(-c2ccnn2-c2ccc(F)cc2)cc1. The van der Waals surface area contributed by atoms with E-state index < -0.39 is 0 Å². The predicted octanol–water partition coefficient (Wildman–Crippen LogP) is 3.17. The number of hydrogen-bond acceptors (Lipinski definition) is 2. The monoisotopic (exact) mass is 268 g/mol. The number of halogens is 1. The molecule has 0 unspecified atom stereocenters. The van der Waals surface area contributed by atoms with Gasteiger partial charge in [-0.2, -0.15) is 5.10 Å². The molecular formula is C16H13FN2O. The van der Waals surface area contributed by atoms with E-state index in [4.69, 9.17) is 5.11 Å². The molecule has 0 aliphatic heterocycles. The van der Waals surface area contributed by atoms with E-state index in [1.54, 1.807) is 23.0 Å². The minimum absolute atomic E-state index is 0.0253. The second-order valence-electron chi connectivity index (χ2n) is 4.46. The Hall–Kier alpha value is -2.46. The van der Waals surface area contributed by atoms with Crippen molar-refractivity contribution in [2.75, 3.05) is 0 Å². The minimum Gasteiger partial charge on any atom is -0.392 e. The third-order valence-corrected chi connectivity index (χ3v) is 3.15. The molecule has 0 radical (unpaired) electrons. The molecule has 4 heteroatoms. The van der Waals surface area contributed by atoms with Crippen LogP contribution in [0.2, 0.25) is 0 Å². The molecule has 0 fully saturated rings. The summed E-state index contributed by atoms with van der Waals surface area (Å²) in [4.78, 5) is 0. The van der Waals surface area contributed by atoms with E-state index in [2.05, 4.69) is 5.10 Å². The second-order valence-corrected chi connectivity index (χ2v) is 4.46. The number of aromatic nitrogens is 2. The Balaban J connectivity index is 2.02. The molecule has 2 aromatic carbocycles. The molecule has 0 spiro atoms. The van der Waals surface area contributed by atoms with Crippen molar-refractivity contribution in [3.05, 3.63) is 72.2 Å². The average molecular weight is 268 g/mol. The third kappa shape index (κ3) is 2.33. The maximum absolute atomic E-state index is 13.0. The molecule has 0 saturated carbocycles. The summed E-state index contributed by atoms with van der Waals surface area (Å²) >= 11 is 0. The predicted molar refractivity (Wildman–Crippen MR) is 74.9 cm³/mol. The lowest BCUT2D eigenvalue weighted by Crippen LogP contribution is -1.98. The highest BCUT2D eigenvalue weighted by molar-refractivity contribution is 5.62. The van der Waals surface area contributed by atoms with Crippen molar-refractivity contribution in [2.45, 2.75) is 6.61 Å². The molecule has 0 bridgehead atoms. The average Bonchev–Trinajstić information content (AvgIpc) is 2.97. The molecule has 3 rings (SSSR count).